The van der Waals surface area contributed by atoms with Gasteiger partial charge in [-0.2, -0.15) is 0 Å². The maximum absolute atomic E-state index is 6.67. The van der Waals surface area contributed by atoms with Crippen molar-refractivity contribution in [3.05, 3.63) is 81.9 Å². The zero-order valence-corrected chi connectivity index (χ0v) is 19.1. The van der Waals surface area contributed by atoms with E-state index in [4.69, 9.17) is 9.26 Å². The van der Waals surface area contributed by atoms with Crippen molar-refractivity contribution in [2.75, 3.05) is 7.11 Å². The van der Waals surface area contributed by atoms with E-state index in [1.807, 2.05) is 12.1 Å². The van der Waals surface area contributed by atoms with Gasteiger partial charge < -0.3 is 9.26 Å². The number of hydrogen-bond acceptors (Lipinski definition) is 2. The summed E-state index contributed by atoms with van der Waals surface area (Å²) in [6.45, 7) is 6.61. The van der Waals surface area contributed by atoms with Gasteiger partial charge in [-0.25, -0.2) is 0 Å². The molecule has 0 bridgehead atoms. The van der Waals surface area contributed by atoms with E-state index in [1.54, 1.807) is 7.11 Å². The summed E-state index contributed by atoms with van der Waals surface area (Å²) >= 11 is 2.32. The molecule has 3 aromatic rings. The fourth-order valence-electron chi connectivity index (χ4n) is 2.70. The third kappa shape index (κ3) is 4.83. The first-order valence-corrected chi connectivity index (χ1v) is 11.2. The first-order valence-electron chi connectivity index (χ1n) is 8.86. The van der Waals surface area contributed by atoms with Crippen molar-refractivity contribution < 1.29 is 9.26 Å². The zero-order chi connectivity index (χ0) is 19.4. The van der Waals surface area contributed by atoms with Crippen molar-refractivity contribution in [1.29, 1.82) is 0 Å². The first kappa shape index (κ1) is 20.2. The van der Waals surface area contributed by atoms with Crippen LogP contribution in [0.5, 0.6) is 11.5 Å². The summed E-state index contributed by atoms with van der Waals surface area (Å²) in [5.41, 5.74) is 1.21. The fraction of sp³-hybridized carbons (Fsp3) is 0.217. The molecule has 0 heterocycles. The van der Waals surface area contributed by atoms with Crippen LogP contribution >= 0.6 is 30.7 Å². The molecule has 140 valence electrons. The average molecular weight is 490 g/mol. The minimum absolute atomic E-state index is 0.0119. The SMILES string of the molecule is COc1cc(C(C)(C)C)cc(OP(c2ccccc2)c2ccccc2)c1I. The third-order valence-corrected chi connectivity index (χ3v) is 7.24. The Labute approximate surface area is 176 Å². The number of halogens is 1. The van der Waals surface area contributed by atoms with E-state index in [-0.39, 0.29) is 5.41 Å². The Morgan fingerprint density at radius 2 is 1.26 bits per heavy atom. The molecule has 0 fully saturated rings. The van der Waals surface area contributed by atoms with Crippen molar-refractivity contribution in [1.82, 2.24) is 0 Å². The Morgan fingerprint density at radius 1 is 0.778 bits per heavy atom. The number of methoxy groups -OCH3 is 1. The highest BCUT2D eigenvalue weighted by Gasteiger charge is 2.23. The van der Waals surface area contributed by atoms with Crippen LogP contribution in [0.4, 0.5) is 0 Å². The maximum atomic E-state index is 6.67. The zero-order valence-electron chi connectivity index (χ0n) is 16.1. The third-order valence-electron chi connectivity index (χ3n) is 4.26. The Kier molecular flexibility index (Phi) is 6.44. The molecule has 4 heteroatoms. The number of ether oxygens (including phenoxy) is 1. The molecule has 0 saturated carbocycles. The first-order chi connectivity index (χ1) is 12.9. The maximum Gasteiger partial charge on any atom is 0.150 e. The van der Waals surface area contributed by atoms with E-state index in [2.05, 4.69) is 104 Å². The number of rotatable bonds is 5. The van der Waals surface area contributed by atoms with E-state index >= 15 is 0 Å². The van der Waals surface area contributed by atoms with Gasteiger partial charge in [0.05, 0.1) is 10.7 Å². The Morgan fingerprint density at radius 3 is 1.70 bits per heavy atom. The van der Waals surface area contributed by atoms with Crippen LogP contribution in [0.15, 0.2) is 72.8 Å². The van der Waals surface area contributed by atoms with Crippen molar-refractivity contribution in [2.24, 2.45) is 0 Å². The van der Waals surface area contributed by atoms with Crippen molar-refractivity contribution >= 4 is 41.3 Å². The highest BCUT2D eigenvalue weighted by atomic mass is 127. The van der Waals surface area contributed by atoms with Crippen molar-refractivity contribution in [2.45, 2.75) is 26.2 Å². The molecule has 0 aliphatic carbocycles. The smallest absolute Gasteiger partial charge is 0.150 e. The monoisotopic (exact) mass is 490 g/mol. The molecule has 3 aromatic carbocycles. The van der Waals surface area contributed by atoms with Gasteiger partial charge in [0, 0.05) is 10.6 Å². The van der Waals surface area contributed by atoms with Crippen LogP contribution in [-0.4, -0.2) is 7.11 Å². The molecule has 0 amide bonds. The standard InChI is InChI=1S/C23H24IO2P/c1-23(2,3)17-15-20(25-4)22(24)21(16-17)26-27(18-11-7-5-8-12-18)19-13-9-6-10-14-19/h5-16H,1-4H3. The van der Waals surface area contributed by atoms with Crippen LogP contribution in [0.25, 0.3) is 0 Å². The second-order valence-electron chi connectivity index (χ2n) is 7.30. The largest absolute Gasteiger partial charge is 0.495 e. The molecule has 3 rings (SSSR count). The topological polar surface area (TPSA) is 18.5 Å². The molecule has 0 N–H and O–H groups in total. The summed E-state index contributed by atoms with van der Waals surface area (Å²) < 4.78 is 13.3. The summed E-state index contributed by atoms with van der Waals surface area (Å²) in [5, 5.41) is 2.38. The Bertz CT molecular complexity index is 850. The fourth-order valence-corrected chi connectivity index (χ4v) is 5.25. The molecule has 0 saturated heterocycles. The Balaban J connectivity index is 2.09. The highest BCUT2D eigenvalue weighted by Crippen LogP contribution is 2.43. The molecule has 0 radical (unpaired) electrons. The predicted octanol–water partition coefficient (Wildman–Crippen LogP) is 6.02. The van der Waals surface area contributed by atoms with Crippen LogP contribution in [0, 0.1) is 3.57 Å². The van der Waals surface area contributed by atoms with E-state index in [9.17, 15) is 0 Å². The van der Waals surface area contributed by atoms with Gasteiger partial charge in [-0.1, -0.05) is 81.4 Å². The van der Waals surface area contributed by atoms with Crippen LogP contribution in [-0.2, 0) is 5.41 Å². The predicted molar refractivity (Wildman–Crippen MR) is 124 cm³/mol. The van der Waals surface area contributed by atoms with Crippen molar-refractivity contribution in [3.8, 4) is 11.5 Å². The van der Waals surface area contributed by atoms with E-state index in [0.717, 1.165) is 15.1 Å². The minimum atomic E-state index is -0.969. The lowest BCUT2D eigenvalue weighted by Gasteiger charge is -2.25. The van der Waals surface area contributed by atoms with Gasteiger partial charge in [0.1, 0.15) is 11.5 Å². The minimum Gasteiger partial charge on any atom is -0.495 e. The second kappa shape index (κ2) is 8.62. The van der Waals surface area contributed by atoms with Gasteiger partial charge in [-0.05, 0) is 45.7 Å². The molecular formula is C23H24IO2P. The summed E-state index contributed by atoms with van der Waals surface area (Å²) in [5.74, 6) is 1.73. The van der Waals surface area contributed by atoms with Crippen LogP contribution < -0.4 is 19.9 Å². The summed E-state index contributed by atoms with van der Waals surface area (Å²) in [6.07, 6.45) is 0. The summed E-state index contributed by atoms with van der Waals surface area (Å²) in [6, 6.07) is 25.1. The summed E-state index contributed by atoms with van der Waals surface area (Å²) in [7, 11) is 0.744. The second-order valence-corrected chi connectivity index (χ2v) is 10.2. The molecule has 0 aromatic heterocycles. The highest BCUT2D eigenvalue weighted by molar-refractivity contribution is 14.1. The van der Waals surface area contributed by atoms with Crippen LogP contribution in [0.1, 0.15) is 26.3 Å². The van der Waals surface area contributed by atoms with Crippen LogP contribution in [0.2, 0.25) is 0 Å². The number of hydrogen-bond donors (Lipinski definition) is 0. The van der Waals surface area contributed by atoms with Gasteiger partial charge in [0.15, 0.2) is 8.15 Å². The van der Waals surface area contributed by atoms with Gasteiger partial charge in [0.2, 0.25) is 0 Å². The van der Waals surface area contributed by atoms with Gasteiger partial charge in [0.25, 0.3) is 0 Å². The van der Waals surface area contributed by atoms with Crippen LogP contribution in [0.3, 0.4) is 0 Å². The van der Waals surface area contributed by atoms with Gasteiger partial charge >= 0.3 is 0 Å². The molecule has 2 nitrogen and oxygen atoms in total. The van der Waals surface area contributed by atoms with E-state index in [0.29, 0.717) is 0 Å². The van der Waals surface area contributed by atoms with E-state index in [1.165, 1.54) is 16.2 Å². The molecular weight excluding hydrogens is 466 g/mol. The molecule has 0 aliphatic heterocycles. The average Bonchev–Trinajstić information content (AvgIpc) is 2.67. The van der Waals surface area contributed by atoms with Gasteiger partial charge in [-0.3, -0.25) is 0 Å². The quantitative estimate of drug-likeness (QED) is 0.322. The normalized spacial score (nSPS) is 11.5. The lowest BCUT2D eigenvalue weighted by Crippen LogP contribution is -2.17. The molecule has 0 unspecified atom stereocenters. The van der Waals surface area contributed by atoms with E-state index < -0.39 is 8.15 Å². The molecule has 0 aliphatic rings. The van der Waals surface area contributed by atoms with Gasteiger partial charge in [-0.15, -0.1) is 0 Å². The van der Waals surface area contributed by atoms with Crippen molar-refractivity contribution in [3.63, 3.8) is 0 Å². The molecule has 0 atom stereocenters. The Hall–Kier alpha value is -1.58. The summed E-state index contributed by atoms with van der Waals surface area (Å²) in [4.78, 5) is 0. The molecule has 27 heavy (non-hydrogen) atoms. The molecule has 0 spiro atoms. The number of benzene rings is 3. The lowest BCUT2D eigenvalue weighted by molar-refractivity contribution is 0.407. The lowest BCUT2D eigenvalue weighted by atomic mass is 9.87.